The van der Waals surface area contributed by atoms with Crippen molar-refractivity contribution in [2.75, 3.05) is 37.8 Å². The van der Waals surface area contributed by atoms with E-state index < -0.39 is 0 Å². The molecule has 1 aromatic rings. The van der Waals surface area contributed by atoms with Gasteiger partial charge in [-0.1, -0.05) is 6.42 Å². The summed E-state index contributed by atoms with van der Waals surface area (Å²) in [4.78, 5) is 29.5. The topological polar surface area (TPSA) is 68.7 Å². The zero-order valence-electron chi connectivity index (χ0n) is 15.5. The Morgan fingerprint density at radius 1 is 1.35 bits per heavy atom. The highest BCUT2D eigenvalue weighted by Gasteiger charge is 2.45. The molecule has 1 aliphatic carbocycles. The number of carbonyl (C=O) groups is 2. The van der Waals surface area contributed by atoms with E-state index >= 15 is 0 Å². The molecule has 2 aliphatic rings. The number of aldehydes is 1. The van der Waals surface area contributed by atoms with Crippen LogP contribution in [0.15, 0.2) is 18.3 Å². The highest BCUT2D eigenvalue weighted by atomic mass is 16.5. The first-order chi connectivity index (χ1) is 12.7. The van der Waals surface area contributed by atoms with Gasteiger partial charge in [-0.05, 0) is 50.7 Å². The number of pyridine rings is 1. The molecule has 1 saturated carbocycles. The smallest absolute Gasteiger partial charge is 0.314 e. The maximum atomic E-state index is 12.1. The van der Waals surface area contributed by atoms with Crippen LogP contribution in [0.4, 0.5) is 5.82 Å². The predicted octanol–water partition coefficient (Wildman–Crippen LogP) is 2.86. The summed E-state index contributed by atoms with van der Waals surface area (Å²) in [6.07, 6.45) is 7.36. The van der Waals surface area contributed by atoms with Crippen molar-refractivity contribution in [3.63, 3.8) is 0 Å². The summed E-state index contributed by atoms with van der Waals surface area (Å²) in [7, 11) is 0. The number of esters is 1. The van der Waals surface area contributed by atoms with Crippen LogP contribution in [0.3, 0.4) is 0 Å². The first-order valence-electron chi connectivity index (χ1n) is 9.58. The second kappa shape index (κ2) is 8.62. The third kappa shape index (κ3) is 4.23. The molecule has 3 rings (SSSR count). The maximum absolute atomic E-state index is 12.1. The Kier molecular flexibility index (Phi) is 6.25. The number of piperidine rings is 1. The zero-order chi connectivity index (χ0) is 18.4. The minimum atomic E-state index is -0.388. The Bertz CT molecular complexity index is 605. The molecule has 0 radical (unpaired) electrons. The van der Waals surface area contributed by atoms with E-state index in [1.54, 1.807) is 12.3 Å². The molecule has 26 heavy (non-hydrogen) atoms. The first kappa shape index (κ1) is 18.8. The van der Waals surface area contributed by atoms with E-state index in [1.807, 2.05) is 13.0 Å². The highest BCUT2D eigenvalue weighted by Crippen LogP contribution is 2.42. The third-order valence-electron chi connectivity index (χ3n) is 5.60. The molecular formula is C20H28N2O4. The van der Waals surface area contributed by atoms with Gasteiger partial charge in [-0.2, -0.15) is 0 Å². The number of hydrogen-bond donors (Lipinski definition) is 0. The van der Waals surface area contributed by atoms with Gasteiger partial charge in [0.15, 0.2) is 6.29 Å². The molecule has 1 saturated heterocycles. The van der Waals surface area contributed by atoms with Gasteiger partial charge in [-0.3, -0.25) is 9.59 Å². The van der Waals surface area contributed by atoms with Gasteiger partial charge in [-0.25, -0.2) is 4.98 Å². The molecule has 2 heterocycles. The van der Waals surface area contributed by atoms with E-state index in [0.29, 0.717) is 31.3 Å². The molecule has 2 fully saturated rings. The van der Waals surface area contributed by atoms with E-state index in [9.17, 15) is 9.59 Å². The van der Waals surface area contributed by atoms with Crippen molar-refractivity contribution >= 4 is 18.1 Å². The van der Waals surface area contributed by atoms with Crippen LogP contribution in [-0.4, -0.2) is 50.1 Å². The third-order valence-corrected chi connectivity index (χ3v) is 5.60. The average Bonchev–Trinajstić information content (AvgIpc) is 2.64. The van der Waals surface area contributed by atoms with E-state index in [2.05, 4.69) is 9.88 Å². The van der Waals surface area contributed by atoms with Crippen LogP contribution in [0.2, 0.25) is 0 Å². The SMILES string of the molecule is CCOC(=O)C1(COCC2CCN(c3ccc(C=O)cn3)CC2)CCC1. The van der Waals surface area contributed by atoms with Gasteiger partial charge >= 0.3 is 5.97 Å². The van der Waals surface area contributed by atoms with Gasteiger partial charge in [-0.15, -0.1) is 0 Å². The van der Waals surface area contributed by atoms with Gasteiger partial charge in [0.2, 0.25) is 0 Å². The van der Waals surface area contributed by atoms with Crippen molar-refractivity contribution in [1.29, 1.82) is 0 Å². The largest absolute Gasteiger partial charge is 0.465 e. The number of nitrogens with zero attached hydrogens (tertiary/aromatic N) is 2. The zero-order valence-corrected chi connectivity index (χ0v) is 15.5. The lowest BCUT2D eigenvalue weighted by molar-refractivity contribution is -0.167. The minimum absolute atomic E-state index is 0.0917. The van der Waals surface area contributed by atoms with Crippen LogP contribution in [0.1, 0.15) is 49.4 Å². The average molecular weight is 360 g/mol. The van der Waals surface area contributed by atoms with Crippen molar-refractivity contribution in [2.24, 2.45) is 11.3 Å². The normalized spacial score (nSPS) is 19.7. The monoisotopic (exact) mass is 360 g/mol. The van der Waals surface area contributed by atoms with Crippen molar-refractivity contribution in [3.05, 3.63) is 23.9 Å². The van der Waals surface area contributed by atoms with Crippen molar-refractivity contribution in [2.45, 2.75) is 39.0 Å². The fourth-order valence-corrected chi connectivity index (χ4v) is 3.70. The van der Waals surface area contributed by atoms with Crippen molar-refractivity contribution in [3.8, 4) is 0 Å². The molecule has 0 aromatic carbocycles. The lowest BCUT2D eigenvalue weighted by atomic mass is 9.69. The first-order valence-corrected chi connectivity index (χ1v) is 9.58. The summed E-state index contributed by atoms with van der Waals surface area (Å²) in [5.74, 6) is 1.34. The Labute approximate surface area is 154 Å². The number of carbonyl (C=O) groups excluding carboxylic acids is 2. The molecule has 6 nitrogen and oxygen atoms in total. The fraction of sp³-hybridized carbons (Fsp3) is 0.650. The fourth-order valence-electron chi connectivity index (χ4n) is 3.70. The number of ether oxygens (including phenoxy) is 2. The number of rotatable bonds is 8. The molecule has 1 aromatic heterocycles. The molecule has 0 atom stereocenters. The van der Waals surface area contributed by atoms with Crippen LogP contribution < -0.4 is 4.90 Å². The summed E-state index contributed by atoms with van der Waals surface area (Å²) >= 11 is 0. The molecular weight excluding hydrogens is 332 g/mol. The molecule has 0 unspecified atom stereocenters. The lowest BCUT2D eigenvalue weighted by Crippen LogP contribution is -2.44. The molecule has 142 valence electrons. The lowest BCUT2D eigenvalue weighted by Gasteiger charge is -2.39. The highest BCUT2D eigenvalue weighted by molar-refractivity contribution is 5.78. The Morgan fingerprint density at radius 2 is 2.12 bits per heavy atom. The van der Waals surface area contributed by atoms with Crippen LogP contribution in [0.25, 0.3) is 0 Å². The van der Waals surface area contributed by atoms with Crippen LogP contribution in [0, 0.1) is 11.3 Å². The Hall–Kier alpha value is -1.95. The Balaban J connectivity index is 1.41. The molecule has 0 bridgehead atoms. The maximum Gasteiger partial charge on any atom is 0.314 e. The second-order valence-electron chi connectivity index (χ2n) is 7.37. The summed E-state index contributed by atoms with van der Waals surface area (Å²) in [6, 6.07) is 3.71. The Morgan fingerprint density at radius 3 is 2.65 bits per heavy atom. The number of anilines is 1. The summed E-state index contributed by atoms with van der Waals surface area (Å²) in [5, 5.41) is 0. The van der Waals surface area contributed by atoms with E-state index in [0.717, 1.165) is 57.3 Å². The number of hydrogen-bond acceptors (Lipinski definition) is 6. The second-order valence-corrected chi connectivity index (χ2v) is 7.37. The van der Waals surface area contributed by atoms with Gasteiger partial charge in [0.25, 0.3) is 0 Å². The summed E-state index contributed by atoms with van der Waals surface area (Å²) in [5.41, 5.74) is 0.213. The van der Waals surface area contributed by atoms with Gasteiger partial charge < -0.3 is 14.4 Å². The molecule has 0 N–H and O–H groups in total. The molecule has 1 aliphatic heterocycles. The van der Waals surface area contributed by atoms with Crippen molar-refractivity contribution in [1.82, 2.24) is 4.98 Å². The quantitative estimate of drug-likeness (QED) is 0.524. The van der Waals surface area contributed by atoms with E-state index in [1.165, 1.54) is 0 Å². The van der Waals surface area contributed by atoms with E-state index in [4.69, 9.17) is 9.47 Å². The van der Waals surface area contributed by atoms with Crippen LogP contribution >= 0.6 is 0 Å². The minimum Gasteiger partial charge on any atom is -0.465 e. The summed E-state index contributed by atoms with van der Waals surface area (Å²) in [6.45, 7) is 5.34. The molecule has 6 heteroatoms. The molecule has 0 amide bonds. The summed E-state index contributed by atoms with van der Waals surface area (Å²) < 4.78 is 11.2. The standard InChI is InChI=1S/C20H28N2O4/c1-2-26-19(24)20(8-3-9-20)15-25-14-16-6-10-22(11-7-16)18-5-4-17(13-23)12-21-18/h4-5,12-13,16H,2-3,6-11,14-15H2,1H3. The van der Waals surface area contributed by atoms with Gasteiger partial charge in [0.05, 0.1) is 18.6 Å². The van der Waals surface area contributed by atoms with Crippen LogP contribution in [-0.2, 0) is 14.3 Å². The van der Waals surface area contributed by atoms with Gasteiger partial charge in [0, 0.05) is 31.5 Å². The number of aromatic nitrogens is 1. The van der Waals surface area contributed by atoms with Gasteiger partial charge in [0.1, 0.15) is 5.82 Å². The van der Waals surface area contributed by atoms with Crippen molar-refractivity contribution < 1.29 is 19.1 Å². The molecule has 0 spiro atoms. The predicted molar refractivity (Wildman–Crippen MR) is 98.3 cm³/mol. The van der Waals surface area contributed by atoms with E-state index in [-0.39, 0.29) is 11.4 Å². The van der Waals surface area contributed by atoms with Crippen LogP contribution in [0.5, 0.6) is 0 Å².